The van der Waals surface area contributed by atoms with Gasteiger partial charge in [-0.2, -0.15) is 0 Å². The van der Waals surface area contributed by atoms with Crippen molar-refractivity contribution in [1.29, 1.82) is 0 Å². The summed E-state index contributed by atoms with van der Waals surface area (Å²) in [4.78, 5) is 27.7. The molecule has 0 aliphatic carbocycles. The summed E-state index contributed by atoms with van der Waals surface area (Å²) in [5, 5.41) is 6.09. The van der Waals surface area contributed by atoms with Crippen molar-refractivity contribution in [2.45, 2.75) is 23.8 Å². The lowest BCUT2D eigenvalue weighted by Gasteiger charge is -2.31. The molecule has 28 heavy (non-hydrogen) atoms. The van der Waals surface area contributed by atoms with E-state index in [0.717, 1.165) is 31.7 Å². The Hall–Kier alpha value is -2.31. The van der Waals surface area contributed by atoms with Crippen LogP contribution in [0.25, 0.3) is 0 Å². The maximum atomic E-state index is 12.2. The van der Waals surface area contributed by atoms with Crippen LogP contribution in [0.4, 0.5) is 0 Å². The summed E-state index contributed by atoms with van der Waals surface area (Å²) in [6.45, 7) is 2.75. The van der Waals surface area contributed by atoms with Gasteiger partial charge in [0, 0.05) is 41.9 Å². The Kier molecular flexibility index (Phi) is 7.94. The van der Waals surface area contributed by atoms with E-state index in [1.807, 2.05) is 48.5 Å². The van der Waals surface area contributed by atoms with Gasteiger partial charge in [-0.1, -0.05) is 36.4 Å². The average Bonchev–Trinajstić information content (AvgIpc) is 2.74. The van der Waals surface area contributed by atoms with E-state index in [1.165, 1.54) is 4.90 Å². The van der Waals surface area contributed by atoms with Crippen molar-refractivity contribution in [2.75, 3.05) is 31.9 Å². The second-order valence-electron chi connectivity index (χ2n) is 6.90. The van der Waals surface area contributed by atoms with Gasteiger partial charge < -0.3 is 10.6 Å². The first-order valence-electron chi connectivity index (χ1n) is 9.73. The minimum atomic E-state index is -0.0206. The Labute approximate surface area is 170 Å². The van der Waals surface area contributed by atoms with Crippen LogP contribution >= 0.6 is 11.8 Å². The van der Waals surface area contributed by atoms with Gasteiger partial charge in [-0.3, -0.25) is 14.5 Å². The number of amides is 2. The van der Waals surface area contributed by atoms with Crippen LogP contribution in [-0.4, -0.2) is 54.7 Å². The molecule has 0 unspecified atom stereocenters. The molecule has 5 nitrogen and oxygen atoms in total. The predicted octanol–water partition coefficient (Wildman–Crippen LogP) is 2.79. The maximum absolute atomic E-state index is 12.2. The number of carbonyl (C=O) groups is 2. The molecule has 0 spiro atoms. The Bertz CT molecular complexity index is 747. The number of benzene rings is 2. The molecule has 0 atom stereocenters. The first kappa shape index (κ1) is 20.4. The molecular formula is C22H27N3O2S. The molecule has 1 saturated heterocycles. The van der Waals surface area contributed by atoms with Crippen LogP contribution in [0.15, 0.2) is 65.6 Å². The number of nitrogens with one attached hydrogen (secondary N) is 2. The van der Waals surface area contributed by atoms with Crippen LogP contribution in [-0.2, 0) is 4.79 Å². The molecule has 1 aliphatic heterocycles. The minimum absolute atomic E-state index is 0.0206. The zero-order valence-corrected chi connectivity index (χ0v) is 16.8. The van der Waals surface area contributed by atoms with Crippen molar-refractivity contribution < 1.29 is 9.59 Å². The van der Waals surface area contributed by atoms with Crippen molar-refractivity contribution in [3.8, 4) is 0 Å². The van der Waals surface area contributed by atoms with Gasteiger partial charge >= 0.3 is 0 Å². The lowest BCUT2D eigenvalue weighted by atomic mass is 10.0. The van der Waals surface area contributed by atoms with E-state index in [9.17, 15) is 9.59 Å². The molecule has 0 saturated carbocycles. The normalized spacial score (nSPS) is 15.1. The number of hydrogen-bond acceptors (Lipinski definition) is 4. The summed E-state index contributed by atoms with van der Waals surface area (Å²) in [7, 11) is 0. The van der Waals surface area contributed by atoms with Crippen molar-refractivity contribution in [1.82, 2.24) is 15.5 Å². The number of likely N-dealkylation sites (tertiary alicyclic amines) is 1. The zero-order valence-electron chi connectivity index (χ0n) is 16.0. The van der Waals surface area contributed by atoms with Crippen molar-refractivity contribution >= 4 is 23.6 Å². The standard InChI is InChI=1S/C22H27N3O2S/c26-21(23-13-16-28-20-9-5-2-6-10-20)17-25-14-11-19(12-15-25)24-22(27)18-7-3-1-4-8-18/h1-10,19H,11-17H2,(H,23,26)(H,24,27). The molecule has 6 heteroatoms. The van der Waals surface area contributed by atoms with Crippen LogP contribution in [0.3, 0.4) is 0 Å². The smallest absolute Gasteiger partial charge is 0.251 e. The van der Waals surface area contributed by atoms with Crippen LogP contribution in [0.5, 0.6) is 0 Å². The zero-order chi connectivity index (χ0) is 19.6. The fourth-order valence-corrected chi connectivity index (χ4v) is 4.02. The lowest BCUT2D eigenvalue weighted by Crippen LogP contribution is -2.47. The summed E-state index contributed by atoms with van der Waals surface area (Å²) in [5.41, 5.74) is 0.692. The highest BCUT2D eigenvalue weighted by molar-refractivity contribution is 7.99. The first-order chi connectivity index (χ1) is 13.7. The molecule has 2 aromatic rings. The van der Waals surface area contributed by atoms with Crippen molar-refractivity contribution in [3.63, 3.8) is 0 Å². The highest BCUT2D eigenvalue weighted by Crippen LogP contribution is 2.16. The van der Waals surface area contributed by atoms with Gasteiger partial charge in [0.25, 0.3) is 5.91 Å². The van der Waals surface area contributed by atoms with Crippen LogP contribution < -0.4 is 10.6 Å². The minimum Gasteiger partial charge on any atom is -0.354 e. The Morgan fingerprint density at radius 2 is 1.61 bits per heavy atom. The summed E-state index contributed by atoms with van der Waals surface area (Å²) in [5.74, 6) is 0.914. The summed E-state index contributed by atoms with van der Waals surface area (Å²) >= 11 is 1.74. The topological polar surface area (TPSA) is 61.4 Å². The summed E-state index contributed by atoms with van der Waals surface area (Å²) in [6.07, 6.45) is 1.74. The summed E-state index contributed by atoms with van der Waals surface area (Å²) < 4.78 is 0. The van der Waals surface area contributed by atoms with Gasteiger partial charge in [-0.05, 0) is 37.1 Å². The van der Waals surface area contributed by atoms with Gasteiger partial charge in [0.1, 0.15) is 0 Å². The molecule has 0 radical (unpaired) electrons. The van der Waals surface area contributed by atoms with Gasteiger partial charge in [-0.25, -0.2) is 0 Å². The van der Waals surface area contributed by atoms with E-state index >= 15 is 0 Å². The number of rotatable bonds is 8. The van der Waals surface area contributed by atoms with Crippen LogP contribution in [0.2, 0.25) is 0 Å². The lowest BCUT2D eigenvalue weighted by molar-refractivity contribution is -0.122. The van der Waals surface area contributed by atoms with Crippen molar-refractivity contribution in [3.05, 3.63) is 66.2 Å². The predicted molar refractivity (Wildman–Crippen MR) is 114 cm³/mol. The Morgan fingerprint density at radius 1 is 0.964 bits per heavy atom. The molecule has 2 aromatic carbocycles. The quantitative estimate of drug-likeness (QED) is 0.531. The van der Waals surface area contributed by atoms with Crippen molar-refractivity contribution in [2.24, 2.45) is 0 Å². The Balaban J connectivity index is 1.29. The van der Waals surface area contributed by atoms with Crippen LogP contribution in [0.1, 0.15) is 23.2 Å². The molecule has 148 valence electrons. The third-order valence-electron chi connectivity index (χ3n) is 4.76. The van der Waals surface area contributed by atoms with Crippen LogP contribution in [0, 0.1) is 0 Å². The summed E-state index contributed by atoms with van der Waals surface area (Å²) in [6, 6.07) is 19.7. The third kappa shape index (κ3) is 6.69. The molecule has 0 bridgehead atoms. The monoisotopic (exact) mass is 397 g/mol. The second kappa shape index (κ2) is 10.9. The highest BCUT2D eigenvalue weighted by Gasteiger charge is 2.22. The number of nitrogens with zero attached hydrogens (tertiary/aromatic N) is 1. The SMILES string of the molecule is O=C(CN1CCC(NC(=O)c2ccccc2)CC1)NCCSc1ccccc1. The van der Waals surface area contributed by atoms with E-state index < -0.39 is 0 Å². The molecule has 0 aromatic heterocycles. The third-order valence-corrected chi connectivity index (χ3v) is 5.78. The van der Waals surface area contributed by atoms with E-state index in [0.29, 0.717) is 18.7 Å². The van der Waals surface area contributed by atoms with Gasteiger partial charge in [0.05, 0.1) is 6.54 Å². The highest BCUT2D eigenvalue weighted by atomic mass is 32.2. The number of carbonyl (C=O) groups excluding carboxylic acids is 2. The van der Waals surface area contributed by atoms with E-state index in [2.05, 4.69) is 27.7 Å². The fraction of sp³-hybridized carbons (Fsp3) is 0.364. The van der Waals surface area contributed by atoms with Gasteiger partial charge in [0.2, 0.25) is 5.91 Å². The molecule has 2 N–H and O–H groups in total. The van der Waals surface area contributed by atoms with E-state index in [-0.39, 0.29) is 17.9 Å². The molecule has 1 fully saturated rings. The number of thioether (sulfide) groups is 1. The second-order valence-corrected chi connectivity index (χ2v) is 8.07. The molecule has 3 rings (SSSR count). The van der Waals surface area contributed by atoms with E-state index in [1.54, 1.807) is 11.8 Å². The molecular weight excluding hydrogens is 370 g/mol. The number of piperidine rings is 1. The largest absolute Gasteiger partial charge is 0.354 e. The molecule has 1 aliphatic rings. The Morgan fingerprint density at radius 3 is 2.29 bits per heavy atom. The van der Waals surface area contributed by atoms with Gasteiger partial charge in [-0.15, -0.1) is 11.8 Å². The first-order valence-corrected chi connectivity index (χ1v) is 10.7. The van der Waals surface area contributed by atoms with E-state index in [4.69, 9.17) is 0 Å². The van der Waals surface area contributed by atoms with Gasteiger partial charge in [0.15, 0.2) is 0 Å². The average molecular weight is 398 g/mol. The number of hydrogen-bond donors (Lipinski definition) is 2. The molecule has 1 heterocycles. The molecule has 2 amide bonds. The fourth-order valence-electron chi connectivity index (χ4n) is 3.23. The maximum Gasteiger partial charge on any atom is 0.251 e.